The van der Waals surface area contributed by atoms with Crippen LogP contribution in [0.25, 0.3) is 0 Å². The van der Waals surface area contributed by atoms with Crippen LogP contribution in [-0.4, -0.2) is 25.9 Å². The second kappa shape index (κ2) is 9.13. The molecular weight excluding hydrogens is 343 g/mol. The molecule has 0 radical (unpaired) electrons. The Morgan fingerprint density at radius 1 is 0.667 bits per heavy atom. The van der Waals surface area contributed by atoms with Gasteiger partial charge in [0, 0.05) is 0 Å². The van der Waals surface area contributed by atoms with Crippen LogP contribution in [0, 0.1) is 0 Å². The summed E-state index contributed by atoms with van der Waals surface area (Å²) < 4.78 is 55.7. The van der Waals surface area contributed by atoms with Gasteiger partial charge >= 0.3 is 61.8 Å². The van der Waals surface area contributed by atoms with E-state index in [1.165, 1.54) is 0 Å². The zero-order chi connectivity index (χ0) is 15.2. The predicted molar refractivity (Wildman–Crippen MR) is 73.6 cm³/mol. The van der Waals surface area contributed by atoms with Crippen molar-refractivity contribution in [2.75, 3.05) is 0 Å². The Balaban J connectivity index is 0. The largest absolute Gasteiger partial charge is 1.00 e. The Labute approximate surface area is 167 Å². The first-order valence-electron chi connectivity index (χ1n) is 5.26. The van der Waals surface area contributed by atoms with Crippen molar-refractivity contribution in [2.24, 2.45) is 0 Å². The van der Waals surface area contributed by atoms with Crippen LogP contribution in [0.15, 0.2) is 70.5 Å². The van der Waals surface area contributed by atoms with Crippen LogP contribution in [-0.2, 0) is 20.2 Å². The molecule has 0 fully saturated rings. The van der Waals surface area contributed by atoms with E-state index in [1.807, 2.05) is 0 Å². The van der Waals surface area contributed by atoms with Gasteiger partial charge in [-0.15, -0.1) is 0 Å². The molecule has 2 aromatic rings. The molecule has 0 heterocycles. The van der Waals surface area contributed by atoms with Gasteiger partial charge in [0.2, 0.25) is 9.84 Å². The molecule has 0 amide bonds. The summed E-state index contributed by atoms with van der Waals surface area (Å²) in [5.41, 5.74) is 0. The maximum atomic E-state index is 12.0. The molecule has 0 aromatic heterocycles. The molecule has 110 valence electrons. The minimum Gasteiger partial charge on any atom is -1.00 e. The van der Waals surface area contributed by atoms with E-state index in [9.17, 15) is 8.42 Å². The Bertz CT molecular complexity index is 695. The van der Waals surface area contributed by atoms with Gasteiger partial charge in [0.15, 0.2) is 0 Å². The smallest absolute Gasteiger partial charge is 1.00 e. The molecule has 0 aliphatic rings. The fourth-order valence-electron chi connectivity index (χ4n) is 1.34. The van der Waals surface area contributed by atoms with Gasteiger partial charge in [0.25, 0.3) is 0 Å². The van der Waals surface area contributed by atoms with E-state index in [0.29, 0.717) is 9.79 Å². The summed E-state index contributed by atoms with van der Waals surface area (Å²) in [6.45, 7) is 0. The van der Waals surface area contributed by atoms with Crippen molar-refractivity contribution >= 4 is 20.2 Å². The van der Waals surface area contributed by atoms with Gasteiger partial charge in [-0.2, -0.15) is 8.42 Å². The standard InChI is InChI=1S/C12H10O2S.K.H2O4S.H/c13-15(14,11-7-3-1-4-8-11)12-9-5-2-6-10-12;;1-5(2,3)4;/h1-10H;;(H2,1,2,3,4);/q;+1;;-1. The van der Waals surface area contributed by atoms with Crippen LogP contribution < -0.4 is 51.4 Å². The second-order valence-electron chi connectivity index (χ2n) is 3.58. The van der Waals surface area contributed by atoms with E-state index in [4.69, 9.17) is 17.5 Å². The fraction of sp³-hybridized carbons (Fsp3) is 0. The summed E-state index contributed by atoms with van der Waals surface area (Å²) in [7, 11) is -8.01. The van der Waals surface area contributed by atoms with Crippen LogP contribution in [0.2, 0.25) is 0 Å². The number of sulfone groups is 1. The van der Waals surface area contributed by atoms with Crippen molar-refractivity contribution in [3.05, 3.63) is 60.7 Å². The minimum atomic E-state index is -4.67. The van der Waals surface area contributed by atoms with Gasteiger partial charge in [-0.05, 0) is 24.3 Å². The average molecular weight is 356 g/mol. The van der Waals surface area contributed by atoms with E-state index in [-0.39, 0.29) is 52.8 Å². The zero-order valence-corrected chi connectivity index (χ0v) is 15.9. The normalized spacial score (nSPS) is 10.8. The van der Waals surface area contributed by atoms with Crippen molar-refractivity contribution in [2.45, 2.75) is 9.79 Å². The van der Waals surface area contributed by atoms with Crippen LogP contribution in [0.5, 0.6) is 0 Å². The van der Waals surface area contributed by atoms with E-state index in [2.05, 4.69) is 0 Å². The Hall–Kier alpha value is -0.104. The number of hydrogen-bond donors (Lipinski definition) is 2. The number of benzene rings is 2. The summed E-state index contributed by atoms with van der Waals surface area (Å²) in [6, 6.07) is 16.9. The van der Waals surface area contributed by atoms with Crippen molar-refractivity contribution in [3.63, 3.8) is 0 Å². The summed E-state index contributed by atoms with van der Waals surface area (Å²) in [5.74, 6) is 0. The molecule has 0 unspecified atom stereocenters. The first-order chi connectivity index (χ1) is 9.21. The molecule has 2 rings (SSSR count). The van der Waals surface area contributed by atoms with E-state index in [1.54, 1.807) is 60.7 Å². The minimum absolute atomic E-state index is 0. The Kier molecular flexibility index (Phi) is 9.08. The summed E-state index contributed by atoms with van der Waals surface area (Å²) >= 11 is 0. The third kappa shape index (κ3) is 8.19. The second-order valence-corrected chi connectivity index (χ2v) is 6.42. The SMILES string of the molecule is O=S(=O)(O)O.O=S(=O)(c1ccccc1)c1ccccc1.[H-].[K+]. The first kappa shape index (κ1) is 20.9. The van der Waals surface area contributed by atoms with Crippen molar-refractivity contribution in [1.29, 1.82) is 0 Å². The van der Waals surface area contributed by atoms with Crippen molar-refractivity contribution in [3.8, 4) is 0 Å². The summed E-state index contributed by atoms with van der Waals surface area (Å²) in [6.07, 6.45) is 0. The molecule has 9 heteroatoms. The van der Waals surface area contributed by atoms with E-state index in [0.717, 1.165) is 0 Å². The van der Waals surface area contributed by atoms with Gasteiger partial charge < -0.3 is 1.43 Å². The van der Waals surface area contributed by atoms with Crippen molar-refractivity contribution < 1.29 is 78.8 Å². The fourth-order valence-corrected chi connectivity index (χ4v) is 2.64. The third-order valence-corrected chi connectivity index (χ3v) is 3.89. The third-order valence-electron chi connectivity index (χ3n) is 2.11. The molecule has 0 spiro atoms. The van der Waals surface area contributed by atoms with Gasteiger partial charge in [0.1, 0.15) is 0 Å². The molecule has 0 saturated heterocycles. The van der Waals surface area contributed by atoms with E-state index >= 15 is 0 Å². The van der Waals surface area contributed by atoms with Crippen LogP contribution in [0.4, 0.5) is 0 Å². The quantitative estimate of drug-likeness (QED) is 0.527. The van der Waals surface area contributed by atoms with Crippen LogP contribution >= 0.6 is 0 Å². The van der Waals surface area contributed by atoms with E-state index < -0.39 is 20.2 Å². The number of rotatable bonds is 2. The molecule has 2 aromatic carbocycles. The summed E-state index contributed by atoms with van der Waals surface area (Å²) in [4.78, 5) is 0.660. The Morgan fingerprint density at radius 2 is 0.905 bits per heavy atom. The van der Waals surface area contributed by atoms with Crippen LogP contribution in [0.3, 0.4) is 0 Å². The van der Waals surface area contributed by atoms with Crippen LogP contribution in [0.1, 0.15) is 1.43 Å². The molecule has 6 nitrogen and oxygen atoms in total. The molecule has 0 atom stereocenters. The van der Waals surface area contributed by atoms with Crippen molar-refractivity contribution in [1.82, 2.24) is 0 Å². The molecular formula is C12H13KO6S2. The zero-order valence-electron chi connectivity index (χ0n) is 12.1. The molecule has 21 heavy (non-hydrogen) atoms. The molecule has 2 N–H and O–H groups in total. The maximum Gasteiger partial charge on any atom is 1.00 e. The molecule has 0 aliphatic carbocycles. The average Bonchev–Trinajstić information content (AvgIpc) is 2.39. The monoisotopic (exact) mass is 356 g/mol. The van der Waals surface area contributed by atoms with Gasteiger partial charge in [0.05, 0.1) is 9.79 Å². The molecule has 0 bridgehead atoms. The first-order valence-corrected chi connectivity index (χ1v) is 8.14. The predicted octanol–water partition coefficient (Wildman–Crippen LogP) is -1.02. The van der Waals surface area contributed by atoms with Gasteiger partial charge in [-0.25, -0.2) is 8.42 Å². The molecule has 0 saturated carbocycles. The molecule has 0 aliphatic heterocycles. The topological polar surface area (TPSA) is 109 Å². The maximum absolute atomic E-state index is 12.0. The Morgan fingerprint density at radius 3 is 1.14 bits per heavy atom. The number of hydrogen-bond acceptors (Lipinski definition) is 4. The summed E-state index contributed by atoms with van der Waals surface area (Å²) in [5, 5.41) is 0. The van der Waals surface area contributed by atoms with Gasteiger partial charge in [-0.3, -0.25) is 9.11 Å². The van der Waals surface area contributed by atoms with Gasteiger partial charge in [-0.1, -0.05) is 36.4 Å².